The van der Waals surface area contributed by atoms with Gasteiger partial charge >= 0.3 is 0 Å². The van der Waals surface area contributed by atoms with Gasteiger partial charge in [-0.3, -0.25) is 4.79 Å². The number of aryl methyl sites for hydroxylation is 1. The molecule has 7 heteroatoms. The van der Waals surface area contributed by atoms with Crippen LogP contribution in [-0.2, 0) is 24.4 Å². The maximum absolute atomic E-state index is 12.6. The number of carbonyl (C=O) groups excluding carboxylic acids is 1. The number of carbonyl (C=O) groups is 1. The standard InChI is InChI=1S/C16H19N5O2/c1-2-8-23-11-14-15-10-20(6-3-7-21(15)12-17-14)16(22)13-4-5-18-19-9-13/h2,4-5,9,12H,1,3,6-8,10-11H2. The van der Waals surface area contributed by atoms with E-state index in [2.05, 4.69) is 26.3 Å². The zero-order chi connectivity index (χ0) is 16.1. The maximum Gasteiger partial charge on any atom is 0.255 e. The molecule has 0 radical (unpaired) electrons. The van der Waals surface area contributed by atoms with E-state index >= 15 is 0 Å². The van der Waals surface area contributed by atoms with Crippen molar-refractivity contribution in [2.45, 2.75) is 26.1 Å². The second-order valence-corrected chi connectivity index (χ2v) is 5.35. The van der Waals surface area contributed by atoms with Crippen LogP contribution in [0.4, 0.5) is 0 Å². The minimum Gasteiger partial charge on any atom is -0.371 e. The molecule has 0 atom stereocenters. The number of hydrogen-bond donors (Lipinski definition) is 0. The van der Waals surface area contributed by atoms with Crippen molar-refractivity contribution < 1.29 is 9.53 Å². The van der Waals surface area contributed by atoms with Gasteiger partial charge < -0.3 is 14.2 Å². The average Bonchev–Trinajstić information content (AvgIpc) is 2.84. The van der Waals surface area contributed by atoms with Crippen molar-refractivity contribution in [1.82, 2.24) is 24.6 Å². The summed E-state index contributed by atoms with van der Waals surface area (Å²) in [7, 11) is 0. The third kappa shape index (κ3) is 3.45. The lowest BCUT2D eigenvalue weighted by atomic mass is 10.2. The summed E-state index contributed by atoms with van der Waals surface area (Å²) < 4.78 is 7.60. The Morgan fingerprint density at radius 1 is 1.39 bits per heavy atom. The fraction of sp³-hybridized carbons (Fsp3) is 0.375. The van der Waals surface area contributed by atoms with E-state index in [-0.39, 0.29) is 5.91 Å². The van der Waals surface area contributed by atoms with E-state index in [4.69, 9.17) is 4.74 Å². The minimum absolute atomic E-state index is 0.0347. The summed E-state index contributed by atoms with van der Waals surface area (Å²) in [5.41, 5.74) is 2.46. The van der Waals surface area contributed by atoms with Gasteiger partial charge in [0.2, 0.25) is 0 Å². The second kappa shape index (κ2) is 7.15. The molecule has 120 valence electrons. The molecular formula is C16H19N5O2. The zero-order valence-electron chi connectivity index (χ0n) is 12.9. The van der Waals surface area contributed by atoms with Gasteiger partial charge in [-0.1, -0.05) is 6.08 Å². The van der Waals surface area contributed by atoms with Crippen LogP contribution in [0.25, 0.3) is 0 Å². The van der Waals surface area contributed by atoms with Crippen molar-refractivity contribution in [1.29, 1.82) is 0 Å². The Kier molecular flexibility index (Phi) is 4.77. The van der Waals surface area contributed by atoms with E-state index < -0.39 is 0 Å². The largest absolute Gasteiger partial charge is 0.371 e. The van der Waals surface area contributed by atoms with Crippen molar-refractivity contribution in [3.63, 3.8) is 0 Å². The number of aromatic nitrogens is 4. The summed E-state index contributed by atoms with van der Waals surface area (Å²) in [6.45, 7) is 6.62. The van der Waals surface area contributed by atoms with Gasteiger partial charge in [-0.2, -0.15) is 10.2 Å². The van der Waals surface area contributed by atoms with Gasteiger partial charge in [0.1, 0.15) is 0 Å². The van der Waals surface area contributed by atoms with Gasteiger partial charge in [-0.15, -0.1) is 6.58 Å². The molecule has 0 bridgehead atoms. The zero-order valence-corrected chi connectivity index (χ0v) is 12.9. The van der Waals surface area contributed by atoms with Crippen LogP contribution in [0.5, 0.6) is 0 Å². The van der Waals surface area contributed by atoms with Gasteiger partial charge in [0, 0.05) is 13.1 Å². The lowest BCUT2D eigenvalue weighted by molar-refractivity contribution is 0.0742. The first-order valence-corrected chi connectivity index (χ1v) is 7.57. The summed E-state index contributed by atoms with van der Waals surface area (Å²) in [5, 5.41) is 7.50. The van der Waals surface area contributed by atoms with Gasteiger partial charge in [-0.05, 0) is 12.5 Å². The molecule has 0 N–H and O–H groups in total. The maximum atomic E-state index is 12.6. The molecule has 0 aromatic carbocycles. The average molecular weight is 313 g/mol. The molecule has 0 aliphatic carbocycles. The quantitative estimate of drug-likeness (QED) is 0.616. The summed E-state index contributed by atoms with van der Waals surface area (Å²) in [6.07, 6.45) is 7.45. The first kappa shape index (κ1) is 15.4. The van der Waals surface area contributed by atoms with Gasteiger partial charge in [0.15, 0.2) is 0 Å². The summed E-state index contributed by atoms with van der Waals surface area (Å²) in [5.74, 6) is -0.0347. The topological polar surface area (TPSA) is 73.1 Å². The van der Waals surface area contributed by atoms with Gasteiger partial charge in [0.25, 0.3) is 5.91 Å². The highest BCUT2D eigenvalue weighted by Gasteiger charge is 2.23. The number of amides is 1. The molecule has 0 saturated carbocycles. The molecule has 23 heavy (non-hydrogen) atoms. The van der Waals surface area contributed by atoms with Crippen LogP contribution in [0.3, 0.4) is 0 Å². The van der Waals surface area contributed by atoms with Crippen molar-refractivity contribution in [3.05, 3.63) is 54.4 Å². The highest BCUT2D eigenvalue weighted by atomic mass is 16.5. The van der Waals surface area contributed by atoms with Crippen LogP contribution in [0.15, 0.2) is 37.4 Å². The van der Waals surface area contributed by atoms with Gasteiger partial charge in [-0.25, -0.2) is 4.98 Å². The summed E-state index contributed by atoms with van der Waals surface area (Å²) in [6, 6.07) is 1.69. The molecule has 0 saturated heterocycles. The molecule has 0 fully saturated rings. The van der Waals surface area contributed by atoms with Crippen molar-refractivity contribution in [3.8, 4) is 0 Å². The number of imidazole rings is 1. The molecule has 1 aliphatic rings. The van der Waals surface area contributed by atoms with E-state index in [1.807, 2.05) is 11.2 Å². The van der Waals surface area contributed by atoms with E-state index in [1.54, 1.807) is 12.1 Å². The molecule has 1 aliphatic heterocycles. The number of fused-ring (bicyclic) bond motifs is 1. The molecule has 3 heterocycles. The van der Waals surface area contributed by atoms with E-state index in [9.17, 15) is 4.79 Å². The Balaban J connectivity index is 1.78. The van der Waals surface area contributed by atoms with E-state index in [0.717, 1.165) is 24.4 Å². The van der Waals surface area contributed by atoms with Crippen LogP contribution in [-0.4, -0.2) is 43.7 Å². The number of hydrogen-bond acceptors (Lipinski definition) is 5. The second-order valence-electron chi connectivity index (χ2n) is 5.35. The molecular weight excluding hydrogens is 294 g/mol. The third-order valence-electron chi connectivity index (χ3n) is 3.79. The fourth-order valence-corrected chi connectivity index (χ4v) is 2.65. The number of ether oxygens (including phenoxy) is 1. The van der Waals surface area contributed by atoms with Crippen LogP contribution in [0.1, 0.15) is 28.2 Å². The molecule has 2 aromatic heterocycles. The molecule has 7 nitrogen and oxygen atoms in total. The highest BCUT2D eigenvalue weighted by Crippen LogP contribution is 2.18. The first-order chi connectivity index (χ1) is 11.3. The summed E-state index contributed by atoms with van der Waals surface area (Å²) >= 11 is 0. The molecule has 0 spiro atoms. The summed E-state index contributed by atoms with van der Waals surface area (Å²) in [4.78, 5) is 18.9. The Labute approximate surface area is 134 Å². The lowest BCUT2D eigenvalue weighted by Crippen LogP contribution is -2.31. The van der Waals surface area contributed by atoms with Crippen molar-refractivity contribution in [2.75, 3.05) is 13.2 Å². The van der Waals surface area contributed by atoms with E-state index in [1.165, 1.54) is 12.4 Å². The Hall–Kier alpha value is -2.54. The Morgan fingerprint density at radius 3 is 3.09 bits per heavy atom. The van der Waals surface area contributed by atoms with Crippen LogP contribution >= 0.6 is 0 Å². The number of nitrogens with zero attached hydrogens (tertiary/aromatic N) is 5. The predicted molar refractivity (Wildman–Crippen MR) is 83.5 cm³/mol. The monoisotopic (exact) mass is 313 g/mol. The van der Waals surface area contributed by atoms with Crippen LogP contribution in [0.2, 0.25) is 0 Å². The third-order valence-corrected chi connectivity index (χ3v) is 3.79. The molecule has 2 aromatic rings. The fourth-order valence-electron chi connectivity index (χ4n) is 2.65. The highest BCUT2D eigenvalue weighted by molar-refractivity contribution is 5.93. The Bertz CT molecular complexity index is 683. The molecule has 3 rings (SSSR count). The van der Waals surface area contributed by atoms with E-state index in [0.29, 0.717) is 31.9 Å². The Morgan fingerprint density at radius 2 is 2.30 bits per heavy atom. The predicted octanol–water partition coefficient (Wildman–Crippen LogP) is 1.42. The van der Waals surface area contributed by atoms with Crippen LogP contribution < -0.4 is 0 Å². The first-order valence-electron chi connectivity index (χ1n) is 7.57. The smallest absolute Gasteiger partial charge is 0.255 e. The molecule has 0 unspecified atom stereocenters. The molecule has 1 amide bonds. The van der Waals surface area contributed by atoms with Gasteiger partial charge in [0.05, 0.1) is 55.4 Å². The van der Waals surface area contributed by atoms with Crippen molar-refractivity contribution >= 4 is 5.91 Å². The lowest BCUT2D eigenvalue weighted by Gasteiger charge is -2.20. The van der Waals surface area contributed by atoms with Crippen molar-refractivity contribution in [2.24, 2.45) is 0 Å². The van der Waals surface area contributed by atoms with Crippen LogP contribution in [0, 0.1) is 0 Å². The SMILES string of the molecule is C=CCOCc1ncn2c1CN(C(=O)c1ccnnc1)CCC2. The number of rotatable bonds is 5. The normalized spacial score (nSPS) is 14.2. The minimum atomic E-state index is -0.0347.